The van der Waals surface area contributed by atoms with Gasteiger partial charge in [-0.25, -0.2) is 4.98 Å². The number of rotatable bonds is 2. The normalized spacial score (nSPS) is 9.58. The molecule has 0 bridgehead atoms. The monoisotopic (exact) mass is 258 g/mol. The molecule has 0 aliphatic rings. The van der Waals surface area contributed by atoms with E-state index < -0.39 is 5.91 Å². The minimum atomic E-state index is -0.453. The standard InChI is InChI=1S/C12H10N4O3/c1-8-14-12(19-16-8)15-11(18)10-5-4-9(7-13-10)3-2-6-17/h4-5,7,17H,6H2,1H3,(H,14,15,16,18). The van der Waals surface area contributed by atoms with Gasteiger partial charge in [-0.1, -0.05) is 17.0 Å². The number of aromatic nitrogens is 3. The van der Waals surface area contributed by atoms with Gasteiger partial charge >= 0.3 is 6.01 Å². The Morgan fingerprint density at radius 2 is 2.37 bits per heavy atom. The predicted molar refractivity (Wildman–Crippen MR) is 65.2 cm³/mol. The average Bonchev–Trinajstić information content (AvgIpc) is 2.82. The number of aliphatic hydroxyl groups is 1. The second-order valence-corrected chi connectivity index (χ2v) is 3.49. The molecule has 0 spiro atoms. The van der Waals surface area contributed by atoms with Gasteiger partial charge in [0.1, 0.15) is 12.3 Å². The number of nitrogens with zero attached hydrogens (tertiary/aromatic N) is 3. The molecule has 0 atom stereocenters. The van der Waals surface area contributed by atoms with E-state index in [0.717, 1.165) is 0 Å². The number of carbonyl (C=O) groups is 1. The van der Waals surface area contributed by atoms with Crippen molar-refractivity contribution in [2.45, 2.75) is 6.92 Å². The summed E-state index contributed by atoms with van der Waals surface area (Å²) in [4.78, 5) is 19.6. The lowest BCUT2D eigenvalue weighted by atomic mass is 10.2. The van der Waals surface area contributed by atoms with Crippen LogP contribution in [0.1, 0.15) is 21.9 Å². The van der Waals surface area contributed by atoms with E-state index in [0.29, 0.717) is 11.4 Å². The number of aliphatic hydroxyl groups excluding tert-OH is 1. The maximum atomic E-state index is 11.8. The largest absolute Gasteiger partial charge is 0.384 e. The lowest BCUT2D eigenvalue weighted by molar-refractivity contribution is 0.101. The minimum Gasteiger partial charge on any atom is -0.384 e. The van der Waals surface area contributed by atoms with Crippen LogP contribution in [0.5, 0.6) is 0 Å². The maximum absolute atomic E-state index is 11.8. The zero-order valence-corrected chi connectivity index (χ0v) is 10.0. The van der Waals surface area contributed by atoms with Crippen molar-refractivity contribution in [3.05, 3.63) is 35.4 Å². The number of nitrogens with one attached hydrogen (secondary N) is 1. The Morgan fingerprint density at radius 3 is 2.95 bits per heavy atom. The molecule has 0 unspecified atom stereocenters. The molecule has 0 radical (unpaired) electrons. The molecule has 2 aromatic heterocycles. The lowest BCUT2D eigenvalue weighted by Crippen LogP contribution is -2.13. The molecule has 0 aromatic carbocycles. The van der Waals surface area contributed by atoms with Gasteiger partial charge in [-0.05, 0) is 19.1 Å². The molecular weight excluding hydrogens is 248 g/mol. The third-order valence-corrected chi connectivity index (χ3v) is 2.06. The van der Waals surface area contributed by atoms with Gasteiger partial charge in [-0.3, -0.25) is 10.1 Å². The van der Waals surface area contributed by atoms with E-state index in [2.05, 4.69) is 32.3 Å². The molecule has 2 aromatic rings. The van der Waals surface area contributed by atoms with Crippen molar-refractivity contribution in [2.75, 3.05) is 11.9 Å². The van der Waals surface area contributed by atoms with Crippen LogP contribution in [0, 0.1) is 18.8 Å². The Labute approximate surface area is 108 Å². The molecule has 0 aliphatic carbocycles. The molecular formula is C12H10N4O3. The van der Waals surface area contributed by atoms with Gasteiger partial charge in [0.15, 0.2) is 5.82 Å². The fourth-order valence-electron chi connectivity index (χ4n) is 1.25. The number of hydrogen-bond acceptors (Lipinski definition) is 6. The van der Waals surface area contributed by atoms with Crippen LogP contribution in [0.4, 0.5) is 6.01 Å². The summed E-state index contributed by atoms with van der Waals surface area (Å²) in [7, 11) is 0. The van der Waals surface area contributed by atoms with Crippen LogP contribution < -0.4 is 5.32 Å². The van der Waals surface area contributed by atoms with E-state index in [4.69, 9.17) is 9.63 Å². The highest BCUT2D eigenvalue weighted by Gasteiger charge is 2.11. The van der Waals surface area contributed by atoms with E-state index in [-0.39, 0.29) is 18.3 Å². The topological polar surface area (TPSA) is 101 Å². The first-order chi connectivity index (χ1) is 9.19. The molecule has 0 fully saturated rings. The van der Waals surface area contributed by atoms with Gasteiger partial charge in [0, 0.05) is 11.8 Å². The molecule has 2 heterocycles. The highest BCUT2D eigenvalue weighted by atomic mass is 16.5. The van der Waals surface area contributed by atoms with E-state index in [1.807, 2.05) is 0 Å². The zero-order valence-electron chi connectivity index (χ0n) is 10.0. The van der Waals surface area contributed by atoms with E-state index in [1.165, 1.54) is 12.3 Å². The maximum Gasteiger partial charge on any atom is 0.328 e. The molecule has 7 heteroatoms. The smallest absolute Gasteiger partial charge is 0.328 e. The van der Waals surface area contributed by atoms with Crippen LogP contribution in [-0.2, 0) is 0 Å². The predicted octanol–water partition coefficient (Wildman–Crippen LogP) is 0.369. The summed E-state index contributed by atoms with van der Waals surface area (Å²) in [5, 5.41) is 14.5. The fraction of sp³-hybridized carbons (Fsp3) is 0.167. The summed E-state index contributed by atoms with van der Waals surface area (Å²) in [5.41, 5.74) is 0.810. The second-order valence-electron chi connectivity index (χ2n) is 3.49. The van der Waals surface area contributed by atoms with Gasteiger partial charge in [0.25, 0.3) is 5.91 Å². The Morgan fingerprint density at radius 1 is 1.53 bits per heavy atom. The van der Waals surface area contributed by atoms with Crippen molar-refractivity contribution in [3.63, 3.8) is 0 Å². The summed E-state index contributed by atoms with van der Waals surface area (Å²) in [5.74, 6) is 5.14. The van der Waals surface area contributed by atoms with E-state index in [1.54, 1.807) is 13.0 Å². The van der Waals surface area contributed by atoms with Crippen molar-refractivity contribution in [1.29, 1.82) is 0 Å². The van der Waals surface area contributed by atoms with Crippen LogP contribution in [0.15, 0.2) is 22.9 Å². The first kappa shape index (κ1) is 12.7. The zero-order chi connectivity index (χ0) is 13.7. The van der Waals surface area contributed by atoms with E-state index in [9.17, 15) is 4.79 Å². The summed E-state index contributed by atoms with van der Waals surface area (Å²) in [6.07, 6.45) is 1.44. The number of carbonyl (C=O) groups excluding carboxylic acids is 1. The van der Waals surface area contributed by atoms with Gasteiger partial charge < -0.3 is 9.63 Å². The summed E-state index contributed by atoms with van der Waals surface area (Å²) >= 11 is 0. The summed E-state index contributed by atoms with van der Waals surface area (Å²) in [6, 6.07) is 3.16. The SMILES string of the molecule is Cc1noc(NC(=O)c2ccc(C#CCO)cn2)n1. The van der Waals surface area contributed by atoms with Crippen LogP contribution in [0.3, 0.4) is 0 Å². The fourth-order valence-corrected chi connectivity index (χ4v) is 1.25. The van der Waals surface area contributed by atoms with Crippen molar-refractivity contribution < 1.29 is 14.4 Å². The number of anilines is 1. The van der Waals surface area contributed by atoms with Crippen LogP contribution in [0.2, 0.25) is 0 Å². The van der Waals surface area contributed by atoms with Gasteiger partial charge in [-0.2, -0.15) is 4.98 Å². The van der Waals surface area contributed by atoms with Gasteiger partial charge in [0.05, 0.1) is 0 Å². The average molecular weight is 258 g/mol. The highest BCUT2D eigenvalue weighted by molar-refractivity contribution is 6.01. The number of pyridine rings is 1. The molecule has 0 saturated carbocycles. The first-order valence-electron chi connectivity index (χ1n) is 5.36. The molecule has 0 aliphatic heterocycles. The first-order valence-corrected chi connectivity index (χ1v) is 5.36. The molecule has 1 amide bonds. The molecule has 0 saturated heterocycles. The Hall–Kier alpha value is -2.72. The molecule has 2 rings (SSSR count). The quantitative estimate of drug-likeness (QED) is 0.755. The minimum absolute atomic E-state index is 0.0217. The summed E-state index contributed by atoms with van der Waals surface area (Å²) < 4.78 is 4.76. The van der Waals surface area contributed by atoms with E-state index >= 15 is 0 Å². The van der Waals surface area contributed by atoms with Crippen molar-refractivity contribution in [1.82, 2.24) is 15.1 Å². The molecule has 7 nitrogen and oxygen atoms in total. The van der Waals surface area contributed by atoms with Gasteiger partial charge in [0.2, 0.25) is 0 Å². The second kappa shape index (κ2) is 5.75. The number of hydrogen-bond donors (Lipinski definition) is 2. The lowest BCUT2D eigenvalue weighted by Gasteiger charge is -1.99. The van der Waals surface area contributed by atoms with Crippen LogP contribution >= 0.6 is 0 Å². The molecule has 96 valence electrons. The Kier molecular flexibility index (Phi) is 3.85. The van der Waals surface area contributed by atoms with Crippen molar-refractivity contribution in [2.24, 2.45) is 0 Å². The number of amides is 1. The van der Waals surface area contributed by atoms with Crippen molar-refractivity contribution >= 4 is 11.9 Å². The highest BCUT2D eigenvalue weighted by Crippen LogP contribution is 2.05. The van der Waals surface area contributed by atoms with Crippen LogP contribution in [0.25, 0.3) is 0 Å². The van der Waals surface area contributed by atoms with Gasteiger partial charge in [-0.15, -0.1) is 0 Å². The molecule has 19 heavy (non-hydrogen) atoms. The Bertz CT molecular complexity index is 637. The van der Waals surface area contributed by atoms with Crippen molar-refractivity contribution in [3.8, 4) is 11.8 Å². The summed E-state index contributed by atoms with van der Waals surface area (Å²) in [6.45, 7) is 1.42. The molecule has 2 N–H and O–H groups in total. The Balaban J connectivity index is 2.07. The number of aryl methyl sites for hydroxylation is 1. The van der Waals surface area contributed by atoms with Crippen LogP contribution in [-0.4, -0.2) is 32.7 Å². The third kappa shape index (κ3) is 3.37. The third-order valence-electron chi connectivity index (χ3n) is 2.06.